The first-order valence-corrected chi connectivity index (χ1v) is 5.62. The normalized spacial score (nSPS) is 23.7. The van der Waals surface area contributed by atoms with E-state index in [0.717, 1.165) is 0 Å². The molecule has 2 heterocycles. The molecule has 1 unspecified atom stereocenters. The third-order valence-electron chi connectivity index (χ3n) is 2.49. The Kier molecular flexibility index (Phi) is 3.60. The van der Waals surface area contributed by atoms with E-state index in [2.05, 4.69) is 25.6 Å². The zero-order valence-electron chi connectivity index (χ0n) is 9.40. The fourth-order valence-electron chi connectivity index (χ4n) is 1.52. The van der Waals surface area contributed by atoms with Gasteiger partial charge in [0.15, 0.2) is 0 Å². The molecular weight excluding hydrogens is 246 g/mol. The van der Waals surface area contributed by atoms with Crippen LogP contribution < -0.4 is 10.6 Å². The van der Waals surface area contributed by atoms with Crippen LogP contribution in [0.1, 0.15) is 6.42 Å². The molecule has 0 radical (unpaired) electrons. The van der Waals surface area contributed by atoms with Crippen molar-refractivity contribution in [3.05, 3.63) is 5.28 Å². The first kappa shape index (κ1) is 12.3. The first-order valence-electron chi connectivity index (χ1n) is 5.25. The molecule has 0 spiro atoms. The molecule has 0 aromatic carbocycles. The lowest BCUT2D eigenvalue weighted by Crippen LogP contribution is -2.37. The number of aliphatic hydroxyl groups is 1. The van der Waals surface area contributed by atoms with E-state index in [1.807, 2.05) is 0 Å². The van der Waals surface area contributed by atoms with Crippen molar-refractivity contribution < 1.29 is 9.84 Å². The third kappa shape index (κ3) is 3.15. The van der Waals surface area contributed by atoms with Gasteiger partial charge in [-0.1, -0.05) is 0 Å². The molecule has 94 valence electrons. The van der Waals surface area contributed by atoms with Gasteiger partial charge in [0.05, 0.1) is 6.61 Å². The van der Waals surface area contributed by atoms with E-state index in [1.54, 1.807) is 7.05 Å². The van der Waals surface area contributed by atoms with Gasteiger partial charge in [-0.05, 0) is 11.6 Å². The molecule has 3 N–H and O–H groups in total. The summed E-state index contributed by atoms with van der Waals surface area (Å²) in [5.41, 5.74) is -0.862. The molecular formula is C9H14ClN5O2. The molecule has 1 aromatic rings. The van der Waals surface area contributed by atoms with Crippen LogP contribution in [0.4, 0.5) is 11.9 Å². The van der Waals surface area contributed by atoms with Crippen molar-refractivity contribution in [3.8, 4) is 0 Å². The highest BCUT2D eigenvalue weighted by molar-refractivity contribution is 6.28. The molecule has 0 bridgehead atoms. The number of hydrogen-bond acceptors (Lipinski definition) is 7. The summed E-state index contributed by atoms with van der Waals surface area (Å²) in [4.78, 5) is 11.8. The van der Waals surface area contributed by atoms with Gasteiger partial charge in [-0.3, -0.25) is 0 Å². The molecule has 1 saturated heterocycles. The molecule has 1 fully saturated rings. The van der Waals surface area contributed by atoms with Crippen LogP contribution in [0.5, 0.6) is 0 Å². The number of rotatable bonds is 4. The first-order chi connectivity index (χ1) is 8.11. The fraction of sp³-hybridized carbons (Fsp3) is 0.667. The maximum absolute atomic E-state index is 10.0. The Morgan fingerprint density at radius 1 is 1.41 bits per heavy atom. The number of aromatic nitrogens is 3. The second kappa shape index (κ2) is 4.99. The van der Waals surface area contributed by atoms with Gasteiger partial charge in [0.1, 0.15) is 5.60 Å². The summed E-state index contributed by atoms with van der Waals surface area (Å²) in [5, 5.41) is 15.8. The van der Waals surface area contributed by atoms with E-state index >= 15 is 0 Å². The maximum Gasteiger partial charge on any atom is 0.228 e. The number of ether oxygens (including phenoxy) is 1. The molecule has 17 heavy (non-hydrogen) atoms. The monoisotopic (exact) mass is 259 g/mol. The lowest BCUT2D eigenvalue weighted by Gasteiger charge is -2.20. The van der Waals surface area contributed by atoms with E-state index in [1.165, 1.54) is 0 Å². The number of nitrogens with one attached hydrogen (secondary N) is 2. The zero-order valence-corrected chi connectivity index (χ0v) is 10.2. The lowest BCUT2D eigenvalue weighted by molar-refractivity contribution is 0.0380. The van der Waals surface area contributed by atoms with E-state index in [-0.39, 0.29) is 5.28 Å². The van der Waals surface area contributed by atoms with Crippen LogP contribution in [0.15, 0.2) is 0 Å². The molecule has 0 aliphatic carbocycles. The summed E-state index contributed by atoms with van der Waals surface area (Å²) in [6.07, 6.45) is 0.595. The van der Waals surface area contributed by atoms with Gasteiger partial charge in [-0.15, -0.1) is 0 Å². The van der Waals surface area contributed by atoms with Crippen molar-refractivity contribution in [2.45, 2.75) is 12.0 Å². The second-order valence-electron chi connectivity index (χ2n) is 3.88. The Morgan fingerprint density at radius 3 is 2.82 bits per heavy atom. The van der Waals surface area contributed by atoms with Crippen molar-refractivity contribution >= 4 is 23.5 Å². The molecule has 0 saturated carbocycles. The lowest BCUT2D eigenvalue weighted by atomic mass is 10.0. The number of halogens is 1. The van der Waals surface area contributed by atoms with E-state index in [0.29, 0.717) is 38.1 Å². The summed E-state index contributed by atoms with van der Waals surface area (Å²) in [7, 11) is 1.69. The zero-order chi connectivity index (χ0) is 12.3. The number of anilines is 2. The predicted molar refractivity (Wildman–Crippen MR) is 63.3 cm³/mol. The van der Waals surface area contributed by atoms with Crippen LogP contribution in [0.2, 0.25) is 5.28 Å². The maximum atomic E-state index is 10.0. The highest BCUT2D eigenvalue weighted by Crippen LogP contribution is 2.18. The summed E-state index contributed by atoms with van der Waals surface area (Å²) >= 11 is 5.73. The second-order valence-corrected chi connectivity index (χ2v) is 4.22. The highest BCUT2D eigenvalue weighted by atomic mass is 35.5. The largest absolute Gasteiger partial charge is 0.386 e. The third-order valence-corrected chi connectivity index (χ3v) is 2.66. The van der Waals surface area contributed by atoms with Crippen molar-refractivity contribution in [1.29, 1.82) is 0 Å². The molecule has 1 atom stereocenters. The van der Waals surface area contributed by atoms with Crippen LogP contribution in [-0.4, -0.2) is 52.5 Å². The van der Waals surface area contributed by atoms with E-state index in [4.69, 9.17) is 16.3 Å². The molecule has 8 heteroatoms. The molecule has 2 rings (SSSR count). The molecule has 1 aliphatic rings. The van der Waals surface area contributed by atoms with Crippen molar-refractivity contribution in [2.75, 3.05) is 37.4 Å². The van der Waals surface area contributed by atoms with Gasteiger partial charge < -0.3 is 20.5 Å². The average Bonchev–Trinajstić information content (AvgIpc) is 2.73. The minimum absolute atomic E-state index is 0.0986. The van der Waals surface area contributed by atoms with Crippen molar-refractivity contribution in [3.63, 3.8) is 0 Å². The molecule has 7 nitrogen and oxygen atoms in total. The number of nitrogens with zero attached hydrogens (tertiary/aromatic N) is 3. The average molecular weight is 260 g/mol. The van der Waals surface area contributed by atoms with Gasteiger partial charge >= 0.3 is 0 Å². The predicted octanol–water partition coefficient (Wildman–Crippen LogP) is 0.130. The Bertz CT molecular complexity index is 397. The smallest absolute Gasteiger partial charge is 0.228 e. The van der Waals surface area contributed by atoms with Crippen LogP contribution in [0.3, 0.4) is 0 Å². The van der Waals surface area contributed by atoms with Gasteiger partial charge in [0, 0.05) is 26.6 Å². The Balaban J connectivity index is 2.00. The van der Waals surface area contributed by atoms with E-state index < -0.39 is 5.60 Å². The van der Waals surface area contributed by atoms with Crippen molar-refractivity contribution in [1.82, 2.24) is 15.0 Å². The van der Waals surface area contributed by atoms with Gasteiger partial charge in [-0.25, -0.2) is 0 Å². The van der Waals surface area contributed by atoms with Crippen LogP contribution >= 0.6 is 11.6 Å². The fourth-order valence-corrected chi connectivity index (χ4v) is 1.68. The SMILES string of the molecule is CNc1nc(Cl)nc(NCC2(O)CCOC2)n1. The summed E-state index contributed by atoms with van der Waals surface area (Å²) in [5.74, 6) is 0.705. The Labute approximate surface area is 104 Å². The molecule has 1 aromatic heterocycles. The summed E-state index contributed by atoms with van der Waals surface area (Å²) < 4.78 is 5.14. The Morgan fingerprint density at radius 2 is 2.18 bits per heavy atom. The minimum atomic E-state index is -0.862. The van der Waals surface area contributed by atoms with Crippen LogP contribution in [-0.2, 0) is 4.74 Å². The van der Waals surface area contributed by atoms with Gasteiger partial charge in [0.25, 0.3) is 0 Å². The van der Waals surface area contributed by atoms with Gasteiger partial charge in [0.2, 0.25) is 17.2 Å². The topological polar surface area (TPSA) is 92.2 Å². The Hall–Kier alpha value is -1.18. The van der Waals surface area contributed by atoms with Crippen molar-refractivity contribution in [2.24, 2.45) is 0 Å². The summed E-state index contributed by atoms with van der Waals surface area (Å²) in [6.45, 7) is 1.20. The number of hydrogen-bond donors (Lipinski definition) is 3. The van der Waals surface area contributed by atoms with Gasteiger partial charge in [-0.2, -0.15) is 15.0 Å². The van der Waals surface area contributed by atoms with Crippen LogP contribution in [0.25, 0.3) is 0 Å². The molecule has 1 aliphatic heterocycles. The highest BCUT2D eigenvalue weighted by Gasteiger charge is 2.32. The summed E-state index contributed by atoms with van der Waals surface area (Å²) in [6, 6.07) is 0. The quantitative estimate of drug-likeness (QED) is 0.708. The molecule has 0 amide bonds. The minimum Gasteiger partial charge on any atom is -0.386 e. The van der Waals surface area contributed by atoms with E-state index in [9.17, 15) is 5.11 Å². The van der Waals surface area contributed by atoms with Crippen LogP contribution in [0, 0.1) is 0 Å². The standard InChI is InChI=1S/C9H14ClN5O2/c1-11-7-13-6(10)14-8(15-7)12-4-9(16)2-3-17-5-9/h16H,2-5H2,1H3,(H2,11,12,13,14,15).